The number of Topliss-reactive ketones (excluding diaryl/α,β-unsaturated/α-hetero) is 1. The quantitative estimate of drug-likeness (QED) is 0.562. The molecule has 2 aromatic rings. The van der Waals surface area contributed by atoms with E-state index in [0.29, 0.717) is 22.4 Å². The molecule has 0 unspecified atom stereocenters. The van der Waals surface area contributed by atoms with Crippen LogP contribution in [0.25, 0.3) is 0 Å². The largest absolute Gasteiger partial charge is 0.358 e. The fourth-order valence-corrected chi connectivity index (χ4v) is 3.61. The summed E-state index contributed by atoms with van der Waals surface area (Å²) in [6.45, 7) is 4.01. The summed E-state index contributed by atoms with van der Waals surface area (Å²) in [5, 5.41) is 7.22. The first kappa shape index (κ1) is 21.8. The smallest absolute Gasteiger partial charge is 0.261 e. The van der Waals surface area contributed by atoms with E-state index in [1.165, 1.54) is 18.4 Å². The van der Waals surface area contributed by atoms with Crippen LogP contribution in [0, 0.1) is 5.92 Å². The molecule has 4 N–H and O–H groups in total. The van der Waals surface area contributed by atoms with Gasteiger partial charge in [0.25, 0.3) is 5.91 Å². The van der Waals surface area contributed by atoms with Crippen molar-refractivity contribution in [1.29, 1.82) is 0 Å². The molecule has 0 spiro atoms. The molecule has 0 aliphatic rings. The lowest BCUT2D eigenvalue weighted by Crippen LogP contribution is -2.43. The van der Waals surface area contributed by atoms with Crippen LogP contribution in [0.1, 0.15) is 45.9 Å². The molecule has 1 aromatic carbocycles. The second kappa shape index (κ2) is 10.1. The SMILES string of the molecule is CNC(=O)[C@@H](N)Cc1ccccc1C(=O)[C@H](CC(C)C)NC(=O)c1cccs1. The summed E-state index contributed by atoms with van der Waals surface area (Å²) in [4.78, 5) is 38.1. The Bertz CT molecular complexity index is 818. The lowest BCUT2D eigenvalue weighted by molar-refractivity contribution is -0.121. The van der Waals surface area contributed by atoms with Gasteiger partial charge in [-0.15, -0.1) is 11.3 Å². The fraction of sp³-hybridized carbons (Fsp3) is 0.381. The zero-order valence-electron chi connectivity index (χ0n) is 16.4. The second-order valence-electron chi connectivity index (χ2n) is 7.08. The number of thiophene rings is 1. The zero-order valence-corrected chi connectivity index (χ0v) is 17.2. The van der Waals surface area contributed by atoms with Crippen molar-refractivity contribution in [3.05, 3.63) is 57.8 Å². The summed E-state index contributed by atoms with van der Waals surface area (Å²) in [7, 11) is 1.53. The van der Waals surface area contributed by atoms with Crippen molar-refractivity contribution in [3.63, 3.8) is 0 Å². The van der Waals surface area contributed by atoms with E-state index in [-0.39, 0.29) is 29.9 Å². The van der Waals surface area contributed by atoms with Gasteiger partial charge in [-0.05, 0) is 35.8 Å². The van der Waals surface area contributed by atoms with Crippen molar-refractivity contribution in [2.24, 2.45) is 11.7 Å². The minimum absolute atomic E-state index is 0.168. The summed E-state index contributed by atoms with van der Waals surface area (Å²) in [6.07, 6.45) is 0.765. The third kappa shape index (κ3) is 5.74. The van der Waals surface area contributed by atoms with Crippen molar-refractivity contribution in [3.8, 4) is 0 Å². The number of carbonyl (C=O) groups excluding carboxylic acids is 3. The molecule has 2 rings (SSSR count). The van der Waals surface area contributed by atoms with Crippen LogP contribution >= 0.6 is 11.3 Å². The van der Waals surface area contributed by atoms with Crippen LogP contribution < -0.4 is 16.4 Å². The monoisotopic (exact) mass is 401 g/mol. The van der Waals surface area contributed by atoms with E-state index in [0.717, 1.165) is 0 Å². The molecule has 0 bridgehead atoms. The Morgan fingerprint density at radius 1 is 1.11 bits per heavy atom. The minimum Gasteiger partial charge on any atom is -0.358 e. The maximum atomic E-state index is 13.3. The Kier molecular flexibility index (Phi) is 7.90. The number of likely N-dealkylation sites (N-methyl/N-ethyl adjacent to an activating group) is 1. The fourth-order valence-electron chi connectivity index (χ4n) is 2.98. The first-order chi connectivity index (χ1) is 13.3. The van der Waals surface area contributed by atoms with Gasteiger partial charge in [-0.1, -0.05) is 44.2 Å². The van der Waals surface area contributed by atoms with Gasteiger partial charge in [-0.2, -0.15) is 0 Å². The van der Waals surface area contributed by atoms with Crippen LogP contribution in [0.3, 0.4) is 0 Å². The van der Waals surface area contributed by atoms with Gasteiger partial charge in [0, 0.05) is 12.6 Å². The van der Waals surface area contributed by atoms with Gasteiger partial charge in [0.2, 0.25) is 5.91 Å². The molecule has 2 amide bonds. The zero-order chi connectivity index (χ0) is 20.7. The van der Waals surface area contributed by atoms with Crippen LogP contribution in [0.4, 0.5) is 0 Å². The van der Waals surface area contributed by atoms with Crippen LogP contribution in [-0.2, 0) is 11.2 Å². The Morgan fingerprint density at radius 2 is 1.82 bits per heavy atom. The average Bonchev–Trinajstić information content (AvgIpc) is 3.21. The predicted molar refractivity (Wildman–Crippen MR) is 112 cm³/mol. The number of rotatable bonds is 9. The molecular formula is C21H27N3O3S. The standard InChI is InChI=1S/C21H27N3O3S/c1-13(2)11-17(24-21(27)18-9-6-10-28-18)19(25)15-8-5-4-7-14(15)12-16(22)20(26)23-3/h4-10,13,16-17H,11-12,22H2,1-3H3,(H,23,26)(H,24,27)/t16-,17-/m0/s1. The molecule has 6 nitrogen and oxygen atoms in total. The lowest BCUT2D eigenvalue weighted by Gasteiger charge is -2.21. The minimum atomic E-state index is -0.747. The normalized spacial score (nSPS) is 13.0. The van der Waals surface area contributed by atoms with Gasteiger partial charge in [0.05, 0.1) is 17.0 Å². The highest BCUT2D eigenvalue weighted by atomic mass is 32.1. The molecule has 150 valence electrons. The van der Waals surface area contributed by atoms with Crippen molar-refractivity contribution < 1.29 is 14.4 Å². The maximum Gasteiger partial charge on any atom is 0.261 e. The third-order valence-corrected chi connectivity index (χ3v) is 5.25. The van der Waals surface area contributed by atoms with Crippen molar-refractivity contribution in [2.75, 3.05) is 7.05 Å². The first-order valence-corrected chi connectivity index (χ1v) is 10.1. The van der Waals surface area contributed by atoms with E-state index >= 15 is 0 Å². The van der Waals surface area contributed by atoms with Crippen molar-refractivity contribution >= 4 is 28.9 Å². The van der Waals surface area contributed by atoms with Gasteiger partial charge >= 0.3 is 0 Å². The molecular weight excluding hydrogens is 374 g/mol. The van der Waals surface area contributed by atoms with Gasteiger partial charge < -0.3 is 16.4 Å². The maximum absolute atomic E-state index is 13.3. The van der Waals surface area contributed by atoms with E-state index in [4.69, 9.17) is 5.73 Å². The molecule has 7 heteroatoms. The molecule has 0 fully saturated rings. The van der Waals surface area contributed by atoms with E-state index in [1.807, 2.05) is 25.3 Å². The number of hydrogen-bond acceptors (Lipinski definition) is 5. The highest BCUT2D eigenvalue weighted by Gasteiger charge is 2.26. The summed E-state index contributed by atoms with van der Waals surface area (Å²) in [5.41, 5.74) is 7.12. The molecule has 1 aromatic heterocycles. The van der Waals surface area contributed by atoms with Gasteiger partial charge in [0.15, 0.2) is 5.78 Å². The van der Waals surface area contributed by atoms with E-state index in [1.54, 1.807) is 30.3 Å². The molecule has 1 heterocycles. The predicted octanol–water partition coefficient (Wildman–Crippen LogP) is 2.39. The number of nitrogens with two attached hydrogens (primary N) is 1. The number of amides is 2. The molecule has 28 heavy (non-hydrogen) atoms. The summed E-state index contributed by atoms with van der Waals surface area (Å²) in [6, 6.07) is 9.24. The Labute approximate surface area is 169 Å². The topological polar surface area (TPSA) is 101 Å². The van der Waals surface area contributed by atoms with Crippen LogP contribution in [0.2, 0.25) is 0 Å². The molecule has 0 saturated carbocycles. The Hall–Kier alpha value is -2.51. The summed E-state index contributed by atoms with van der Waals surface area (Å²) in [5.74, 6) is -0.489. The number of benzene rings is 1. The third-order valence-electron chi connectivity index (χ3n) is 4.38. The number of hydrogen-bond donors (Lipinski definition) is 3. The van der Waals surface area contributed by atoms with E-state index in [9.17, 15) is 14.4 Å². The Balaban J connectivity index is 2.26. The molecule has 0 aliphatic heterocycles. The summed E-state index contributed by atoms with van der Waals surface area (Å²) >= 11 is 1.33. The van der Waals surface area contributed by atoms with Crippen LogP contribution in [-0.4, -0.2) is 36.7 Å². The second-order valence-corrected chi connectivity index (χ2v) is 8.03. The van der Waals surface area contributed by atoms with Crippen molar-refractivity contribution in [2.45, 2.75) is 38.8 Å². The molecule has 0 aliphatic carbocycles. The van der Waals surface area contributed by atoms with E-state index < -0.39 is 12.1 Å². The highest BCUT2D eigenvalue weighted by molar-refractivity contribution is 7.12. The number of ketones is 1. The Morgan fingerprint density at radius 3 is 2.43 bits per heavy atom. The number of nitrogens with one attached hydrogen (secondary N) is 2. The number of carbonyl (C=O) groups is 3. The van der Waals surface area contributed by atoms with E-state index in [2.05, 4.69) is 10.6 Å². The average molecular weight is 402 g/mol. The lowest BCUT2D eigenvalue weighted by atomic mass is 9.91. The molecule has 0 saturated heterocycles. The van der Waals surface area contributed by atoms with Crippen LogP contribution in [0.15, 0.2) is 41.8 Å². The first-order valence-electron chi connectivity index (χ1n) is 9.27. The summed E-state index contributed by atoms with van der Waals surface area (Å²) < 4.78 is 0. The van der Waals surface area contributed by atoms with Gasteiger partial charge in [0.1, 0.15) is 0 Å². The van der Waals surface area contributed by atoms with Gasteiger partial charge in [-0.25, -0.2) is 0 Å². The highest BCUT2D eigenvalue weighted by Crippen LogP contribution is 2.18. The molecule has 2 atom stereocenters. The van der Waals surface area contributed by atoms with Gasteiger partial charge in [-0.3, -0.25) is 14.4 Å². The molecule has 0 radical (unpaired) electrons. The van der Waals surface area contributed by atoms with Crippen LogP contribution in [0.5, 0.6) is 0 Å². The van der Waals surface area contributed by atoms with Crippen molar-refractivity contribution in [1.82, 2.24) is 10.6 Å².